The predicted molar refractivity (Wildman–Crippen MR) is 235 cm³/mol. The second-order valence-corrected chi connectivity index (χ2v) is 16.1. The zero-order chi connectivity index (χ0) is 44.5. The number of primary amides is 1. The third kappa shape index (κ3) is 7.22. The highest BCUT2D eigenvalue weighted by Gasteiger charge is 2.74. The minimum absolute atomic E-state index is 0.0163. The summed E-state index contributed by atoms with van der Waals surface area (Å²) in [6.45, 7) is 0.364. The van der Waals surface area contributed by atoms with Crippen LogP contribution in [-0.4, -0.2) is 85.3 Å². The number of morpholine rings is 1. The summed E-state index contributed by atoms with van der Waals surface area (Å²) in [7, 11) is 3.13. The Hall–Kier alpha value is -7.34. The third-order valence-electron chi connectivity index (χ3n) is 12.7. The fourth-order valence-electron chi connectivity index (χ4n) is 10.1. The summed E-state index contributed by atoms with van der Waals surface area (Å²) in [6.07, 6.45) is -0.348. The molecule has 2 fully saturated rings. The summed E-state index contributed by atoms with van der Waals surface area (Å²) < 4.78 is 23.6. The number of cyclic esters (lactones) is 1. The molecule has 64 heavy (non-hydrogen) atoms. The lowest BCUT2D eigenvalue weighted by Gasteiger charge is -2.46. The quantitative estimate of drug-likeness (QED) is 0.111. The lowest BCUT2D eigenvalue weighted by molar-refractivity contribution is -0.179. The number of nitrogens with one attached hydrogen (secondary N) is 2. The number of aliphatic hydroxyl groups is 1. The molecule has 0 saturated carbocycles. The van der Waals surface area contributed by atoms with Gasteiger partial charge < -0.3 is 45.3 Å². The maximum Gasteiger partial charge on any atom is 0.324 e. The van der Waals surface area contributed by atoms with Crippen LogP contribution < -0.4 is 30.6 Å². The van der Waals surface area contributed by atoms with Gasteiger partial charge >= 0.3 is 12.0 Å². The van der Waals surface area contributed by atoms with Crippen LogP contribution in [0.1, 0.15) is 57.1 Å². The highest BCUT2D eigenvalue weighted by molar-refractivity contribution is 6.12. The van der Waals surface area contributed by atoms with Crippen molar-refractivity contribution in [3.05, 3.63) is 154 Å². The molecule has 326 valence electrons. The molecule has 2 saturated heterocycles. The fourth-order valence-corrected chi connectivity index (χ4v) is 10.1. The van der Waals surface area contributed by atoms with Gasteiger partial charge in [0, 0.05) is 24.3 Å². The molecule has 0 bridgehead atoms. The number of urea groups is 1. The van der Waals surface area contributed by atoms with E-state index in [0.717, 1.165) is 22.3 Å². The van der Waals surface area contributed by atoms with Gasteiger partial charge in [0.05, 0.1) is 45.4 Å². The molecule has 14 heteroatoms. The summed E-state index contributed by atoms with van der Waals surface area (Å²) in [5.41, 5.74) is 9.09. The van der Waals surface area contributed by atoms with Crippen LogP contribution in [0.25, 0.3) is 0 Å². The molecule has 4 aliphatic rings. The number of hydrogen-bond donors (Lipinski definition) is 4. The molecule has 14 nitrogen and oxygen atoms in total. The van der Waals surface area contributed by atoms with Crippen molar-refractivity contribution in [3.8, 4) is 29.1 Å². The van der Waals surface area contributed by atoms with Crippen molar-refractivity contribution in [1.29, 1.82) is 0 Å². The minimum atomic E-state index is -1.75. The van der Waals surface area contributed by atoms with E-state index >= 15 is 14.4 Å². The second-order valence-electron chi connectivity index (χ2n) is 16.1. The third-order valence-corrected chi connectivity index (χ3v) is 12.7. The number of nitrogens with two attached hydrogens (primary N) is 1. The maximum absolute atomic E-state index is 16.0. The van der Waals surface area contributed by atoms with E-state index in [1.807, 2.05) is 89.8 Å². The van der Waals surface area contributed by atoms with Gasteiger partial charge in [-0.25, -0.2) is 4.79 Å². The zero-order valence-electron chi connectivity index (χ0n) is 35.3. The van der Waals surface area contributed by atoms with Gasteiger partial charge in [-0.05, 0) is 82.3 Å². The first-order chi connectivity index (χ1) is 31.2. The van der Waals surface area contributed by atoms with Crippen molar-refractivity contribution < 1.29 is 43.2 Å². The number of aliphatic hydroxyl groups excluding tert-OH is 1. The normalized spacial score (nSPS) is 23.1. The van der Waals surface area contributed by atoms with E-state index in [-0.39, 0.29) is 26.3 Å². The Kier molecular flexibility index (Phi) is 11.4. The van der Waals surface area contributed by atoms with E-state index < -0.39 is 59.4 Å². The zero-order valence-corrected chi connectivity index (χ0v) is 35.3. The van der Waals surface area contributed by atoms with Gasteiger partial charge in [-0.2, -0.15) is 0 Å². The smallest absolute Gasteiger partial charge is 0.324 e. The minimum Gasteiger partial charge on any atom is -0.493 e. The highest BCUT2D eigenvalue weighted by atomic mass is 16.6. The molecule has 5 N–H and O–H groups in total. The molecule has 4 heterocycles. The summed E-state index contributed by atoms with van der Waals surface area (Å²) in [6, 6.07) is 31.9. The van der Waals surface area contributed by atoms with Crippen molar-refractivity contribution in [3.63, 3.8) is 0 Å². The molecule has 5 aromatic carbocycles. The van der Waals surface area contributed by atoms with Gasteiger partial charge in [0.2, 0.25) is 11.8 Å². The number of nitrogens with zero attached hydrogens (tertiary/aromatic N) is 2. The molecule has 4 amide bonds. The fraction of sp³-hybridized carbons (Fsp3) is 0.280. The number of esters is 1. The Morgan fingerprint density at radius 3 is 2.23 bits per heavy atom. The lowest BCUT2D eigenvalue weighted by Crippen LogP contribution is -2.56. The molecule has 9 rings (SSSR count). The van der Waals surface area contributed by atoms with Gasteiger partial charge in [-0.15, -0.1) is 0 Å². The van der Waals surface area contributed by atoms with Crippen LogP contribution in [0.2, 0.25) is 0 Å². The first-order valence-electron chi connectivity index (χ1n) is 21.1. The molecule has 1 spiro atoms. The van der Waals surface area contributed by atoms with Crippen molar-refractivity contribution in [1.82, 2.24) is 15.1 Å². The number of carbonyl (C=O) groups excluding carboxylic acids is 4. The predicted octanol–water partition coefficient (Wildman–Crippen LogP) is 4.95. The number of benzene rings is 5. The number of amides is 4. The molecule has 0 radical (unpaired) electrons. The van der Waals surface area contributed by atoms with E-state index in [4.69, 9.17) is 24.7 Å². The summed E-state index contributed by atoms with van der Waals surface area (Å²) >= 11 is 0. The number of hydrogen-bond acceptors (Lipinski definition) is 10. The molecule has 6 atom stereocenters. The summed E-state index contributed by atoms with van der Waals surface area (Å²) in [5, 5.41) is 15.1. The van der Waals surface area contributed by atoms with E-state index in [1.165, 1.54) is 0 Å². The highest BCUT2D eigenvalue weighted by Crippen LogP contribution is 2.65. The number of rotatable bonds is 10. The number of anilines is 1. The number of carbonyl (C=O) groups is 4. The molecule has 4 aliphatic heterocycles. The van der Waals surface area contributed by atoms with Crippen molar-refractivity contribution in [2.45, 2.75) is 42.6 Å². The van der Waals surface area contributed by atoms with Crippen LogP contribution in [0.15, 0.2) is 115 Å². The standard InChI is InChI=1S/C50H47N5O9/c1-61-39-27-34-21-23-54(29-35(34)28-40(39)62-2)46(57)41-43-47(58)64-44(32-13-7-4-8-14-32)42(31-11-5-3-6-12-31)55(43)45(33-16-18-36(19-17-33)63-25-24-56)50(41)37-26-30(10-9-22-52-49(51)60)15-20-38(37)53-48(50)59/h3-8,11-20,26-28,41-45,56H,21-25,29H2,1-2H3,(H,53,59)(H3,51,52,60)/t41-,42-,43-,44+,45+,50-/m1/s1. The average Bonchev–Trinajstić information content (AvgIpc) is 3.80. The van der Waals surface area contributed by atoms with Crippen LogP contribution in [0.3, 0.4) is 0 Å². The summed E-state index contributed by atoms with van der Waals surface area (Å²) in [4.78, 5) is 62.2. The van der Waals surface area contributed by atoms with Crippen LogP contribution >= 0.6 is 0 Å². The van der Waals surface area contributed by atoms with Gasteiger partial charge in [-0.3, -0.25) is 19.3 Å². The Morgan fingerprint density at radius 2 is 1.56 bits per heavy atom. The molecular weight excluding hydrogens is 815 g/mol. The number of methoxy groups -OCH3 is 2. The van der Waals surface area contributed by atoms with Crippen LogP contribution in [0.5, 0.6) is 17.2 Å². The Morgan fingerprint density at radius 1 is 0.875 bits per heavy atom. The van der Waals surface area contributed by atoms with Crippen LogP contribution in [-0.2, 0) is 37.5 Å². The van der Waals surface area contributed by atoms with E-state index in [9.17, 15) is 9.90 Å². The van der Waals surface area contributed by atoms with Gasteiger partial charge in [-0.1, -0.05) is 84.6 Å². The lowest BCUT2D eigenvalue weighted by atomic mass is 9.65. The Labute approximate surface area is 370 Å². The van der Waals surface area contributed by atoms with Gasteiger partial charge in [0.25, 0.3) is 0 Å². The number of ether oxygens (including phenoxy) is 4. The summed E-state index contributed by atoms with van der Waals surface area (Å²) in [5.74, 6) is 4.79. The number of fused-ring (bicyclic) bond motifs is 4. The maximum atomic E-state index is 16.0. The van der Waals surface area contributed by atoms with E-state index in [2.05, 4.69) is 22.5 Å². The van der Waals surface area contributed by atoms with E-state index in [0.29, 0.717) is 52.6 Å². The van der Waals surface area contributed by atoms with Crippen LogP contribution in [0.4, 0.5) is 10.5 Å². The van der Waals surface area contributed by atoms with Gasteiger partial charge in [0.1, 0.15) is 29.9 Å². The van der Waals surface area contributed by atoms with Crippen molar-refractivity contribution in [2.75, 3.05) is 45.8 Å². The first kappa shape index (κ1) is 42.0. The monoisotopic (exact) mass is 861 g/mol. The molecular formula is C50H47N5O9. The Balaban J connectivity index is 1.29. The van der Waals surface area contributed by atoms with Crippen LogP contribution in [0, 0.1) is 17.8 Å². The SMILES string of the molecule is COc1cc2c(cc1OC)CN(C(=O)[C@H]1[C@@H]3C(=O)O[C@@H](c4ccccc4)[C@@H](c4ccccc4)N3[C@@H](c3ccc(OCCO)cc3)[C@]13C(=O)Nc1ccc(C#CCNC(N)=O)cc13)CC2. The van der Waals surface area contributed by atoms with Crippen molar-refractivity contribution in [2.24, 2.45) is 11.7 Å². The largest absolute Gasteiger partial charge is 0.493 e. The van der Waals surface area contributed by atoms with Crippen molar-refractivity contribution >= 4 is 29.5 Å². The Bertz CT molecular complexity index is 2670. The molecule has 0 unspecified atom stereocenters. The van der Waals surface area contributed by atoms with Gasteiger partial charge in [0.15, 0.2) is 11.5 Å². The molecule has 5 aromatic rings. The average molecular weight is 862 g/mol. The first-order valence-corrected chi connectivity index (χ1v) is 21.1. The topological polar surface area (TPSA) is 182 Å². The second kappa shape index (κ2) is 17.4. The molecule has 0 aromatic heterocycles. The molecule has 0 aliphatic carbocycles. The van der Waals surface area contributed by atoms with E-state index in [1.54, 1.807) is 49.5 Å².